The van der Waals surface area contributed by atoms with Crippen molar-refractivity contribution >= 4 is 6.72 Å². The summed E-state index contributed by atoms with van der Waals surface area (Å²) in [5.74, 6) is 0.662. The highest BCUT2D eigenvalue weighted by molar-refractivity contribution is 5.28. The van der Waals surface area contributed by atoms with Crippen molar-refractivity contribution < 1.29 is 0 Å². The maximum Gasteiger partial charge on any atom is 0.119 e. The Labute approximate surface area is 77.7 Å². The van der Waals surface area contributed by atoms with Gasteiger partial charge in [0.25, 0.3) is 0 Å². The Bertz CT molecular complexity index is 350. The van der Waals surface area contributed by atoms with Crippen molar-refractivity contribution in [2.45, 2.75) is 0 Å². The van der Waals surface area contributed by atoms with E-state index < -0.39 is 0 Å². The minimum absolute atomic E-state index is 0.662. The fourth-order valence-corrected chi connectivity index (χ4v) is 0.870. The second kappa shape index (κ2) is 4.17. The van der Waals surface area contributed by atoms with E-state index in [0.717, 1.165) is 5.70 Å². The monoisotopic (exact) mass is 173 g/mol. The van der Waals surface area contributed by atoms with Gasteiger partial charge in [0.15, 0.2) is 0 Å². The largest absolute Gasteiger partial charge is 0.330 e. The van der Waals surface area contributed by atoms with Crippen LogP contribution < -0.4 is 5.43 Å². The Morgan fingerprint density at radius 3 is 2.92 bits per heavy atom. The van der Waals surface area contributed by atoms with E-state index in [1.54, 1.807) is 6.08 Å². The molecule has 3 nitrogen and oxygen atoms in total. The fourth-order valence-electron chi connectivity index (χ4n) is 0.870. The van der Waals surface area contributed by atoms with E-state index in [2.05, 4.69) is 35.3 Å². The predicted octanol–water partition coefficient (Wildman–Crippen LogP) is 1.36. The molecular formula is C10H11N3. The topological polar surface area (TPSA) is 27.6 Å². The molecule has 1 rings (SSSR count). The highest BCUT2D eigenvalue weighted by Crippen LogP contribution is 2.09. The maximum atomic E-state index is 3.78. The lowest BCUT2D eigenvalue weighted by atomic mass is 10.3. The van der Waals surface area contributed by atoms with Gasteiger partial charge in [0, 0.05) is 19.8 Å². The summed E-state index contributed by atoms with van der Waals surface area (Å²) in [4.78, 5) is 1.85. The summed E-state index contributed by atoms with van der Waals surface area (Å²) >= 11 is 0. The van der Waals surface area contributed by atoms with Crippen LogP contribution in [-0.4, -0.2) is 18.7 Å². The number of hydrazone groups is 1. The third kappa shape index (κ3) is 2.24. The van der Waals surface area contributed by atoms with Gasteiger partial charge >= 0.3 is 0 Å². The number of nitrogens with one attached hydrogen (secondary N) is 1. The summed E-state index contributed by atoms with van der Waals surface area (Å²) in [5.41, 5.74) is 9.32. The van der Waals surface area contributed by atoms with E-state index in [1.165, 1.54) is 0 Å². The van der Waals surface area contributed by atoms with E-state index in [9.17, 15) is 0 Å². The van der Waals surface area contributed by atoms with E-state index >= 15 is 0 Å². The maximum absolute atomic E-state index is 3.78. The quantitative estimate of drug-likeness (QED) is 0.395. The lowest BCUT2D eigenvalue weighted by Crippen LogP contribution is -2.23. The molecule has 0 atom stereocenters. The van der Waals surface area contributed by atoms with Crippen molar-refractivity contribution in [1.29, 1.82) is 0 Å². The molecule has 3 heteroatoms. The second-order valence-electron chi connectivity index (χ2n) is 2.47. The molecule has 0 saturated carbocycles. The first-order chi connectivity index (χ1) is 6.25. The minimum atomic E-state index is 0.662. The van der Waals surface area contributed by atoms with Gasteiger partial charge in [0.1, 0.15) is 5.82 Å². The number of rotatable bonds is 4. The number of likely N-dealkylation sites (N-methyl/N-ethyl adjacent to an activating group) is 1. The van der Waals surface area contributed by atoms with Crippen LogP contribution in [0.15, 0.2) is 52.9 Å². The average molecular weight is 173 g/mol. The van der Waals surface area contributed by atoms with Gasteiger partial charge in [0.05, 0.1) is 5.70 Å². The van der Waals surface area contributed by atoms with E-state index in [4.69, 9.17) is 0 Å². The Kier molecular flexibility index (Phi) is 2.93. The van der Waals surface area contributed by atoms with Gasteiger partial charge in [-0.2, -0.15) is 5.10 Å². The molecule has 0 aliphatic heterocycles. The molecular weight excluding hydrogens is 162 g/mol. The van der Waals surface area contributed by atoms with Crippen molar-refractivity contribution in [2.24, 2.45) is 5.10 Å². The number of allylic oxidation sites excluding steroid dienone is 3. The van der Waals surface area contributed by atoms with Gasteiger partial charge in [-0.05, 0) is 12.2 Å². The standard InChI is InChI=1S/C10H11N3/c1-9(12-11-2)13(3)10-7-5-4-6-8-10/h5,7-8,12H,1-2H2,3H3. The third-order valence-corrected chi connectivity index (χ3v) is 1.64. The lowest BCUT2D eigenvalue weighted by molar-refractivity contribution is 0.490. The van der Waals surface area contributed by atoms with Crippen LogP contribution in [0.5, 0.6) is 0 Å². The van der Waals surface area contributed by atoms with Crippen LogP contribution in [0.3, 0.4) is 0 Å². The van der Waals surface area contributed by atoms with Crippen molar-refractivity contribution in [3.8, 4) is 0 Å². The minimum Gasteiger partial charge on any atom is -0.330 e. The molecule has 1 aliphatic carbocycles. The fraction of sp³-hybridized carbons (Fsp3) is 0.100. The van der Waals surface area contributed by atoms with E-state index in [-0.39, 0.29) is 0 Å². The molecule has 0 unspecified atom stereocenters. The highest BCUT2D eigenvalue weighted by Gasteiger charge is 2.04. The molecule has 0 fully saturated rings. The first-order valence-electron chi connectivity index (χ1n) is 3.78. The lowest BCUT2D eigenvalue weighted by Gasteiger charge is -2.21. The van der Waals surface area contributed by atoms with E-state index in [1.807, 2.05) is 24.1 Å². The van der Waals surface area contributed by atoms with Crippen LogP contribution in [0.4, 0.5) is 0 Å². The molecule has 0 radical (unpaired) electrons. The van der Waals surface area contributed by atoms with Crippen molar-refractivity contribution in [3.05, 3.63) is 47.8 Å². The third-order valence-electron chi connectivity index (χ3n) is 1.64. The smallest absolute Gasteiger partial charge is 0.119 e. The van der Waals surface area contributed by atoms with Crippen molar-refractivity contribution in [3.63, 3.8) is 0 Å². The van der Waals surface area contributed by atoms with Gasteiger partial charge in [-0.25, -0.2) is 0 Å². The van der Waals surface area contributed by atoms with Gasteiger partial charge in [-0.15, -0.1) is 0 Å². The van der Waals surface area contributed by atoms with Crippen LogP contribution >= 0.6 is 0 Å². The van der Waals surface area contributed by atoms with Gasteiger partial charge in [-0.3, -0.25) is 5.43 Å². The second-order valence-corrected chi connectivity index (χ2v) is 2.47. The normalized spacial score (nSPS) is 12.2. The molecule has 0 saturated heterocycles. The molecule has 13 heavy (non-hydrogen) atoms. The first kappa shape index (κ1) is 9.14. The van der Waals surface area contributed by atoms with Crippen molar-refractivity contribution in [1.82, 2.24) is 10.3 Å². The molecule has 0 aromatic heterocycles. The summed E-state index contributed by atoms with van der Waals surface area (Å²) in [6.45, 7) is 7.09. The first-order valence-corrected chi connectivity index (χ1v) is 3.78. The Hall–Kier alpha value is -1.95. The Morgan fingerprint density at radius 2 is 2.38 bits per heavy atom. The van der Waals surface area contributed by atoms with Crippen LogP contribution in [-0.2, 0) is 0 Å². The zero-order valence-corrected chi connectivity index (χ0v) is 7.54. The highest BCUT2D eigenvalue weighted by atomic mass is 15.4. The van der Waals surface area contributed by atoms with Gasteiger partial charge < -0.3 is 4.90 Å². The molecule has 1 aliphatic rings. The molecule has 0 spiro atoms. The number of hydrogen-bond donors (Lipinski definition) is 1. The average Bonchev–Trinajstić information content (AvgIpc) is 2.18. The number of nitrogens with zero attached hydrogens (tertiary/aromatic N) is 2. The SMILES string of the molecule is C=NNC(=C)N(C)C1=CC=C=C=C1. The molecule has 0 bridgehead atoms. The Morgan fingerprint density at radius 1 is 1.62 bits per heavy atom. The van der Waals surface area contributed by atoms with Crippen molar-refractivity contribution in [2.75, 3.05) is 7.05 Å². The summed E-state index contributed by atoms with van der Waals surface area (Å²) < 4.78 is 0. The Balaban J connectivity index is 2.69. The molecule has 1 N–H and O–H groups in total. The number of hydrogen-bond acceptors (Lipinski definition) is 3. The van der Waals surface area contributed by atoms with Gasteiger partial charge in [-0.1, -0.05) is 18.0 Å². The summed E-state index contributed by atoms with van der Waals surface area (Å²) in [5, 5.41) is 3.52. The molecule has 0 amide bonds. The molecule has 0 heterocycles. The predicted molar refractivity (Wildman–Crippen MR) is 53.8 cm³/mol. The summed E-state index contributed by atoms with van der Waals surface area (Å²) in [6.07, 6.45) is 5.52. The zero-order valence-electron chi connectivity index (χ0n) is 7.54. The summed E-state index contributed by atoms with van der Waals surface area (Å²) in [7, 11) is 1.88. The van der Waals surface area contributed by atoms with Crippen LogP contribution in [0.25, 0.3) is 0 Å². The van der Waals surface area contributed by atoms with E-state index in [0.29, 0.717) is 5.82 Å². The zero-order chi connectivity index (χ0) is 9.68. The molecule has 0 aromatic carbocycles. The van der Waals surface area contributed by atoms with Gasteiger partial charge in [0.2, 0.25) is 0 Å². The van der Waals surface area contributed by atoms with Crippen LogP contribution in [0.2, 0.25) is 0 Å². The van der Waals surface area contributed by atoms with Crippen LogP contribution in [0.1, 0.15) is 0 Å². The molecule has 0 aromatic rings. The molecule has 66 valence electrons. The van der Waals surface area contributed by atoms with Crippen LogP contribution in [0, 0.1) is 0 Å². The summed E-state index contributed by atoms with van der Waals surface area (Å²) in [6, 6.07) is 0.